The van der Waals surface area contributed by atoms with Gasteiger partial charge in [-0.1, -0.05) is 47.0 Å². The minimum absolute atomic E-state index is 0.0788. The van der Waals surface area contributed by atoms with E-state index in [0.29, 0.717) is 11.3 Å². The lowest BCUT2D eigenvalue weighted by atomic mass is 10.1. The molecule has 1 heterocycles. The number of benzene rings is 1. The van der Waals surface area contributed by atoms with Crippen LogP contribution in [-0.2, 0) is 4.79 Å². The molecule has 8 heteroatoms. The van der Waals surface area contributed by atoms with Crippen molar-refractivity contribution in [2.24, 2.45) is 0 Å². The lowest BCUT2D eigenvalue weighted by Crippen LogP contribution is -2.23. The number of carbonyl (C=O) groups is 2. The number of nitrogens with zero attached hydrogens (tertiary/aromatic N) is 2. The fourth-order valence-corrected chi connectivity index (χ4v) is 4.25. The Kier molecular flexibility index (Phi) is 5.98. The van der Waals surface area contributed by atoms with Gasteiger partial charge in [0.1, 0.15) is 0 Å². The van der Waals surface area contributed by atoms with Crippen molar-refractivity contribution in [3.05, 3.63) is 29.8 Å². The third kappa shape index (κ3) is 4.31. The standard InChI is InChI=1S/C14H15N3O2S3/c1-8(18)10-6-4-5-7-11(10)15-12(19)9(2)21-14-17-16-13(20-3)22-14/h4-7,9H,1-3H3,(H,15,19)/t9-/m1/s1. The zero-order chi connectivity index (χ0) is 16.1. The molecule has 0 aliphatic carbocycles. The maximum Gasteiger partial charge on any atom is 0.237 e. The van der Waals surface area contributed by atoms with Crippen LogP contribution < -0.4 is 5.32 Å². The van der Waals surface area contributed by atoms with E-state index in [1.165, 1.54) is 41.8 Å². The van der Waals surface area contributed by atoms with Gasteiger partial charge in [-0.3, -0.25) is 9.59 Å². The predicted octanol–water partition coefficient (Wildman–Crippen LogP) is 3.58. The molecule has 1 aromatic heterocycles. The Hall–Kier alpha value is -1.38. The van der Waals surface area contributed by atoms with Gasteiger partial charge in [0.2, 0.25) is 5.91 Å². The molecule has 5 nitrogen and oxygen atoms in total. The van der Waals surface area contributed by atoms with Gasteiger partial charge in [-0.2, -0.15) is 0 Å². The highest BCUT2D eigenvalue weighted by Gasteiger charge is 2.18. The summed E-state index contributed by atoms with van der Waals surface area (Å²) in [7, 11) is 0. The summed E-state index contributed by atoms with van der Waals surface area (Å²) in [5, 5.41) is 10.5. The van der Waals surface area contributed by atoms with Gasteiger partial charge in [-0.25, -0.2) is 0 Å². The molecule has 22 heavy (non-hydrogen) atoms. The second-order valence-corrected chi connectivity index (χ2v) is 8.01. The Labute approximate surface area is 141 Å². The van der Waals surface area contributed by atoms with Gasteiger partial charge >= 0.3 is 0 Å². The fourth-order valence-electron chi connectivity index (χ4n) is 1.67. The van der Waals surface area contributed by atoms with Crippen molar-refractivity contribution >= 4 is 52.2 Å². The molecule has 0 bridgehead atoms. The van der Waals surface area contributed by atoms with Gasteiger partial charge in [-0.05, 0) is 32.2 Å². The first kappa shape index (κ1) is 17.0. The van der Waals surface area contributed by atoms with Crippen molar-refractivity contribution in [1.29, 1.82) is 0 Å². The third-order valence-corrected chi connectivity index (χ3v) is 5.86. The highest BCUT2D eigenvalue weighted by molar-refractivity contribution is 8.03. The Morgan fingerprint density at radius 2 is 1.91 bits per heavy atom. The number of amides is 1. The van der Waals surface area contributed by atoms with Crippen LogP contribution in [0.25, 0.3) is 0 Å². The molecule has 1 amide bonds. The number of aromatic nitrogens is 2. The summed E-state index contributed by atoms with van der Waals surface area (Å²) in [6, 6.07) is 6.99. The molecule has 2 rings (SSSR count). The average molecular weight is 353 g/mol. The van der Waals surface area contributed by atoms with E-state index in [4.69, 9.17) is 0 Å². The maximum atomic E-state index is 12.3. The van der Waals surface area contributed by atoms with Crippen LogP contribution in [0.2, 0.25) is 0 Å². The average Bonchev–Trinajstić information content (AvgIpc) is 2.95. The molecule has 0 unspecified atom stereocenters. The quantitative estimate of drug-likeness (QED) is 0.632. The first-order valence-corrected chi connectivity index (χ1v) is 9.38. The van der Waals surface area contributed by atoms with Crippen LogP contribution in [0.4, 0.5) is 5.69 Å². The van der Waals surface area contributed by atoms with Gasteiger partial charge in [0.25, 0.3) is 0 Å². The lowest BCUT2D eigenvalue weighted by molar-refractivity contribution is -0.115. The number of Topliss-reactive ketones (excluding diaryl/α,β-unsaturated/α-hetero) is 1. The van der Waals surface area contributed by atoms with Gasteiger partial charge < -0.3 is 5.32 Å². The first-order chi connectivity index (χ1) is 10.5. The summed E-state index contributed by atoms with van der Waals surface area (Å²) in [4.78, 5) is 23.8. The molecule has 1 aromatic carbocycles. The molecule has 0 fully saturated rings. The van der Waals surface area contributed by atoms with E-state index < -0.39 is 0 Å². The van der Waals surface area contributed by atoms with Crippen molar-refractivity contribution < 1.29 is 9.59 Å². The highest BCUT2D eigenvalue weighted by atomic mass is 32.2. The van der Waals surface area contributed by atoms with Gasteiger partial charge in [0.05, 0.1) is 10.9 Å². The molecule has 1 N–H and O–H groups in total. The number of nitrogens with one attached hydrogen (secondary N) is 1. The van der Waals surface area contributed by atoms with E-state index in [-0.39, 0.29) is 16.9 Å². The highest BCUT2D eigenvalue weighted by Crippen LogP contribution is 2.30. The Bertz CT molecular complexity index is 687. The summed E-state index contributed by atoms with van der Waals surface area (Å²) in [5.41, 5.74) is 1.04. The SMILES string of the molecule is CSc1nnc(S[C@H](C)C(=O)Nc2ccccc2C(C)=O)s1. The van der Waals surface area contributed by atoms with Crippen LogP contribution in [0, 0.1) is 0 Å². The number of ketones is 1. The molecule has 0 saturated carbocycles. The van der Waals surface area contributed by atoms with Crippen LogP contribution in [0.3, 0.4) is 0 Å². The summed E-state index contributed by atoms with van der Waals surface area (Å²) < 4.78 is 1.63. The molecule has 0 aliphatic rings. The first-order valence-electron chi connectivity index (χ1n) is 6.46. The van der Waals surface area contributed by atoms with E-state index in [2.05, 4.69) is 15.5 Å². The van der Waals surface area contributed by atoms with Crippen LogP contribution in [0.15, 0.2) is 32.9 Å². The number of anilines is 1. The van der Waals surface area contributed by atoms with Crippen LogP contribution >= 0.6 is 34.9 Å². The molecule has 0 saturated heterocycles. The fraction of sp³-hybridized carbons (Fsp3) is 0.286. The summed E-state index contributed by atoms with van der Waals surface area (Å²) in [6.45, 7) is 3.28. The predicted molar refractivity (Wildman–Crippen MR) is 92.1 cm³/mol. The van der Waals surface area contributed by atoms with Crippen LogP contribution in [0.5, 0.6) is 0 Å². The minimum Gasteiger partial charge on any atom is -0.324 e. The Morgan fingerprint density at radius 1 is 1.23 bits per heavy atom. The van der Waals surface area contributed by atoms with Gasteiger partial charge in [0.15, 0.2) is 14.5 Å². The number of para-hydroxylation sites is 1. The topological polar surface area (TPSA) is 72.0 Å². The van der Waals surface area contributed by atoms with Gasteiger partial charge in [-0.15, -0.1) is 10.2 Å². The minimum atomic E-state index is -0.331. The monoisotopic (exact) mass is 353 g/mol. The smallest absolute Gasteiger partial charge is 0.237 e. The van der Waals surface area contributed by atoms with Crippen molar-refractivity contribution in [3.63, 3.8) is 0 Å². The second-order valence-electron chi connectivity index (χ2n) is 4.39. The van der Waals surface area contributed by atoms with Crippen molar-refractivity contribution in [3.8, 4) is 0 Å². The summed E-state index contributed by atoms with van der Waals surface area (Å²) >= 11 is 4.34. The van der Waals surface area contributed by atoms with E-state index in [1.807, 2.05) is 6.26 Å². The molecule has 0 aliphatic heterocycles. The maximum absolute atomic E-state index is 12.3. The molecule has 0 radical (unpaired) electrons. The summed E-state index contributed by atoms with van der Waals surface area (Å²) in [6.07, 6.45) is 1.93. The van der Waals surface area contributed by atoms with E-state index in [1.54, 1.807) is 31.2 Å². The van der Waals surface area contributed by atoms with Crippen molar-refractivity contribution in [2.45, 2.75) is 27.8 Å². The van der Waals surface area contributed by atoms with Crippen LogP contribution in [0.1, 0.15) is 24.2 Å². The molecular formula is C14H15N3O2S3. The summed E-state index contributed by atoms with van der Waals surface area (Å²) in [5.74, 6) is -0.246. The van der Waals surface area contributed by atoms with Crippen molar-refractivity contribution in [2.75, 3.05) is 11.6 Å². The second kappa shape index (κ2) is 7.75. The van der Waals surface area contributed by atoms with Crippen LogP contribution in [-0.4, -0.2) is 33.4 Å². The number of carbonyl (C=O) groups excluding carboxylic acids is 2. The molecule has 116 valence electrons. The zero-order valence-electron chi connectivity index (χ0n) is 12.3. The Balaban J connectivity index is 2.04. The molecule has 0 spiro atoms. The Morgan fingerprint density at radius 3 is 2.55 bits per heavy atom. The van der Waals surface area contributed by atoms with E-state index >= 15 is 0 Å². The largest absolute Gasteiger partial charge is 0.324 e. The number of thioether (sulfide) groups is 2. The van der Waals surface area contributed by atoms with E-state index in [0.717, 1.165) is 8.68 Å². The normalized spacial score (nSPS) is 12.0. The molecule has 1 atom stereocenters. The van der Waals surface area contributed by atoms with Gasteiger partial charge in [0, 0.05) is 5.56 Å². The lowest BCUT2D eigenvalue weighted by Gasteiger charge is -2.12. The third-order valence-electron chi connectivity index (χ3n) is 2.77. The van der Waals surface area contributed by atoms with E-state index in [9.17, 15) is 9.59 Å². The number of hydrogen-bond acceptors (Lipinski definition) is 7. The number of rotatable bonds is 6. The molecular weight excluding hydrogens is 338 g/mol. The zero-order valence-corrected chi connectivity index (χ0v) is 14.8. The molecule has 2 aromatic rings. The number of hydrogen-bond donors (Lipinski definition) is 1. The van der Waals surface area contributed by atoms with Crippen molar-refractivity contribution in [1.82, 2.24) is 10.2 Å².